The van der Waals surface area contributed by atoms with Crippen LogP contribution in [0.1, 0.15) is 16.1 Å². The quantitative estimate of drug-likeness (QED) is 0.572. The minimum absolute atomic E-state index is 0.399. The average Bonchev–Trinajstić information content (AvgIpc) is 3.14. The Morgan fingerprint density at radius 1 is 1.23 bits per heavy atom. The van der Waals surface area contributed by atoms with Gasteiger partial charge >= 0.3 is 5.97 Å². The molecule has 22 heavy (non-hydrogen) atoms. The molecule has 0 aliphatic carbocycles. The molecule has 114 valence electrons. The lowest BCUT2D eigenvalue weighted by Gasteiger charge is -2.04. The minimum Gasteiger partial charge on any atom is -0.497 e. The molecule has 0 aliphatic rings. The van der Waals surface area contributed by atoms with Crippen LogP contribution in [0.3, 0.4) is 0 Å². The Kier molecular flexibility index (Phi) is 4.11. The van der Waals surface area contributed by atoms with Gasteiger partial charge in [0.1, 0.15) is 11.4 Å². The van der Waals surface area contributed by atoms with Gasteiger partial charge in [-0.3, -0.25) is 0 Å². The van der Waals surface area contributed by atoms with Gasteiger partial charge in [-0.25, -0.2) is 4.79 Å². The van der Waals surface area contributed by atoms with Crippen LogP contribution >= 0.6 is 11.8 Å². The molecule has 0 radical (unpaired) electrons. The number of aromatic amines is 1. The van der Waals surface area contributed by atoms with Crippen molar-refractivity contribution in [2.24, 2.45) is 0 Å². The maximum absolute atomic E-state index is 11.9. The van der Waals surface area contributed by atoms with Crippen LogP contribution in [0.25, 0.3) is 11.1 Å². The van der Waals surface area contributed by atoms with Gasteiger partial charge in [0.05, 0.1) is 30.9 Å². The molecule has 0 spiro atoms. The highest BCUT2D eigenvalue weighted by Gasteiger charge is 2.21. The molecule has 2 heterocycles. The molecule has 6 heteroatoms. The highest BCUT2D eigenvalue weighted by Crippen LogP contribution is 2.35. The second-order valence-corrected chi connectivity index (χ2v) is 5.61. The number of nitrogens with one attached hydrogen (secondary N) is 1. The van der Waals surface area contributed by atoms with Crippen molar-refractivity contribution in [1.82, 2.24) is 4.98 Å². The second kappa shape index (κ2) is 6.19. The first-order chi connectivity index (χ1) is 10.7. The highest BCUT2D eigenvalue weighted by atomic mass is 32.2. The van der Waals surface area contributed by atoms with E-state index in [1.165, 1.54) is 18.9 Å². The van der Waals surface area contributed by atoms with Crippen LogP contribution in [0.2, 0.25) is 0 Å². The molecule has 1 N–H and O–H groups in total. The molecular formula is C16H15NO4S. The summed E-state index contributed by atoms with van der Waals surface area (Å²) in [5, 5.41) is 0. The largest absolute Gasteiger partial charge is 0.497 e. The van der Waals surface area contributed by atoms with E-state index in [4.69, 9.17) is 13.9 Å². The van der Waals surface area contributed by atoms with Gasteiger partial charge in [0, 0.05) is 11.8 Å². The third-order valence-electron chi connectivity index (χ3n) is 3.29. The van der Waals surface area contributed by atoms with E-state index in [9.17, 15) is 4.79 Å². The van der Waals surface area contributed by atoms with Crippen molar-refractivity contribution < 1.29 is 18.7 Å². The zero-order chi connectivity index (χ0) is 15.5. The summed E-state index contributed by atoms with van der Waals surface area (Å²) in [6.07, 6.45) is 1.60. The standard InChI is InChI=1S/C16H15NO4S/c1-19-11-5-3-10(4-6-11)9-22-15-13(16(18)20-2)17-12-7-8-21-14(12)15/h3-8,17H,9H2,1-2H3. The first kappa shape index (κ1) is 14.6. The van der Waals surface area contributed by atoms with Crippen LogP contribution in [-0.2, 0) is 10.5 Å². The Balaban J connectivity index is 1.85. The first-order valence-corrected chi connectivity index (χ1v) is 7.64. The monoisotopic (exact) mass is 317 g/mol. The molecule has 0 bridgehead atoms. The molecule has 0 atom stereocenters. The fourth-order valence-corrected chi connectivity index (χ4v) is 3.22. The number of ether oxygens (including phenoxy) is 2. The number of fused-ring (bicyclic) bond motifs is 1. The van der Waals surface area contributed by atoms with Crippen LogP contribution < -0.4 is 4.74 Å². The number of rotatable bonds is 5. The first-order valence-electron chi connectivity index (χ1n) is 6.66. The fourth-order valence-electron chi connectivity index (χ4n) is 2.15. The maximum atomic E-state index is 11.9. The Morgan fingerprint density at radius 2 is 2.00 bits per heavy atom. The molecule has 3 rings (SSSR count). The Hall–Kier alpha value is -2.34. The lowest BCUT2D eigenvalue weighted by Crippen LogP contribution is -2.03. The van der Waals surface area contributed by atoms with Crippen LogP contribution in [0, 0.1) is 0 Å². The third-order valence-corrected chi connectivity index (χ3v) is 4.45. The summed E-state index contributed by atoms with van der Waals surface area (Å²) in [6, 6.07) is 9.61. The van der Waals surface area contributed by atoms with Crippen molar-refractivity contribution >= 4 is 28.8 Å². The molecule has 0 aliphatic heterocycles. The predicted octanol–water partition coefficient (Wildman–Crippen LogP) is 3.85. The van der Waals surface area contributed by atoms with E-state index in [-0.39, 0.29) is 0 Å². The van der Waals surface area contributed by atoms with Crippen molar-refractivity contribution in [3.05, 3.63) is 47.9 Å². The van der Waals surface area contributed by atoms with E-state index in [2.05, 4.69) is 4.98 Å². The van der Waals surface area contributed by atoms with E-state index >= 15 is 0 Å². The van der Waals surface area contributed by atoms with Crippen LogP contribution in [0.15, 0.2) is 45.9 Å². The molecule has 0 saturated heterocycles. The normalized spacial score (nSPS) is 10.8. The molecule has 0 unspecified atom stereocenters. The smallest absolute Gasteiger partial charge is 0.355 e. The van der Waals surface area contributed by atoms with Crippen molar-refractivity contribution in [3.8, 4) is 5.75 Å². The van der Waals surface area contributed by atoms with Gasteiger partial charge in [-0.15, -0.1) is 11.8 Å². The Labute approximate surface area is 131 Å². The summed E-state index contributed by atoms with van der Waals surface area (Å²) in [5.41, 5.74) is 3.02. The number of benzene rings is 1. The lowest BCUT2D eigenvalue weighted by atomic mass is 10.2. The minimum atomic E-state index is -0.399. The topological polar surface area (TPSA) is 64.5 Å². The predicted molar refractivity (Wildman–Crippen MR) is 84.5 cm³/mol. The van der Waals surface area contributed by atoms with E-state index in [1.807, 2.05) is 24.3 Å². The number of esters is 1. The number of carbonyl (C=O) groups excluding carboxylic acids is 1. The maximum Gasteiger partial charge on any atom is 0.355 e. The zero-order valence-corrected chi connectivity index (χ0v) is 13.0. The highest BCUT2D eigenvalue weighted by molar-refractivity contribution is 7.98. The van der Waals surface area contributed by atoms with Crippen molar-refractivity contribution in [3.63, 3.8) is 0 Å². The number of hydrogen-bond donors (Lipinski definition) is 1. The lowest BCUT2D eigenvalue weighted by molar-refractivity contribution is 0.0591. The molecule has 0 fully saturated rings. The second-order valence-electron chi connectivity index (χ2n) is 4.62. The SMILES string of the molecule is COC(=O)c1[nH]c2ccoc2c1SCc1ccc(OC)cc1. The van der Waals surface area contributed by atoms with Crippen molar-refractivity contribution in [2.75, 3.05) is 14.2 Å². The van der Waals surface area contributed by atoms with Gasteiger partial charge in [0.25, 0.3) is 0 Å². The zero-order valence-electron chi connectivity index (χ0n) is 12.2. The van der Waals surface area contributed by atoms with Gasteiger partial charge in [0.15, 0.2) is 5.58 Å². The number of thioether (sulfide) groups is 1. The molecule has 5 nitrogen and oxygen atoms in total. The molecule has 0 saturated carbocycles. The Morgan fingerprint density at radius 3 is 2.68 bits per heavy atom. The fraction of sp³-hybridized carbons (Fsp3) is 0.188. The van der Waals surface area contributed by atoms with E-state index in [0.717, 1.165) is 21.7 Å². The summed E-state index contributed by atoms with van der Waals surface area (Å²) in [4.78, 5) is 15.7. The number of aromatic nitrogens is 1. The summed E-state index contributed by atoms with van der Waals surface area (Å²) >= 11 is 1.53. The molecule has 0 amide bonds. The van der Waals surface area contributed by atoms with Crippen LogP contribution in [0.5, 0.6) is 5.75 Å². The van der Waals surface area contributed by atoms with Crippen molar-refractivity contribution in [2.45, 2.75) is 10.6 Å². The molecule has 1 aromatic carbocycles. The van der Waals surface area contributed by atoms with E-state index in [1.54, 1.807) is 19.4 Å². The number of hydrogen-bond acceptors (Lipinski definition) is 5. The number of furan rings is 1. The van der Waals surface area contributed by atoms with Gasteiger partial charge in [-0.1, -0.05) is 12.1 Å². The van der Waals surface area contributed by atoms with Crippen LogP contribution in [0.4, 0.5) is 0 Å². The van der Waals surface area contributed by atoms with Gasteiger partial charge in [0.2, 0.25) is 0 Å². The number of methoxy groups -OCH3 is 2. The van der Waals surface area contributed by atoms with Gasteiger partial charge < -0.3 is 18.9 Å². The molecule has 3 aromatic rings. The number of H-pyrrole nitrogens is 1. The summed E-state index contributed by atoms with van der Waals surface area (Å²) in [5.74, 6) is 1.13. The van der Waals surface area contributed by atoms with Gasteiger partial charge in [-0.2, -0.15) is 0 Å². The Bertz CT molecular complexity index is 788. The third kappa shape index (κ3) is 2.69. The van der Waals surface area contributed by atoms with Gasteiger partial charge in [-0.05, 0) is 17.7 Å². The molecule has 2 aromatic heterocycles. The van der Waals surface area contributed by atoms with Crippen molar-refractivity contribution in [1.29, 1.82) is 0 Å². The van der Waals surface area contributed by atoms with E-state index < -0.39 is 5.97 Å². The summed E-state index contributed by atoms with van der Waals surface area (Å²) in [6.45, 7) is 0. The number of carbonyl (C=O) groups is 1. The average molecular weight is 317 g/mol. The molecular weight excluding hydrogens is 302 g/mol. The summed E-state index contributed by atoms with van der Waals surface area (Å²) in [7, 11) is 3.00. The van der Waals surface area contributed by atoms with Crippen LogP contribution in [-0.4, -0.2) is 25.2 Å². The van der Waals surface area contributed by atoms with E-state index in [0.29, 0.717) is 17.0 Å². The summed E-state index contributed by atoms with van der Waals surface area (Å²) < 4.78 is 15.4.